The first-order valence-corrected chi connectivity index (χ1v) is 8.20. The van der Waals surface area contributed by atoms with Crippen LogP contribution >= 0.6 is 0 Å². The van der Waals surface area contributed by atoms with E-state index in [9.17, 15) is 4.21 Å². The summed E-state index contributed by atoms with van der Waals surface area (Å²) in [6.07, 6.45) is 5.57. The minimum atomic E-state index is -0.842. The van der Waals surface area contributed by atoms with E-state index in [1.54, 1.807) is 6.26 Å². The van der Waals surface area contributed by atoms with Gasteiger partial charge in [0, 0.05) is 29.0 Å². The molecule has 0 N–H and O–H groups in total. The zero-order valence-electron chi connectivity index (χ0n) is 11.5. The summed E-state index contributed by atoms with van der Waals surface area (Å²) >= 11 is 0. The van der Waals surface area contributed by atoms with Crippen LogP contribution in [-0.2, 0) is 16.6 Å². The molecule has 0 aliphatic heterocycles. The fraction of sp³-hybridized carbons (Fsp3) is 0.188. The lowest BCUT2D eigenvalue weighted by Crippen LogP contribution is -1.96. The van der Waals surface area contributed by atoms with Gasteiger partial charge in [0.1, 0.15) is 0 Å². The molecule has 4 heteroatoms. The van der Waals surface area contributed by atoms with Gasteiger partial charge in [-0.3, -0.25) is 4.21 Å². The van der Waals surface area contributed by atoms with Crippen LogP contribution in [0.4, 0.5) is 0 Å². The van der Waals surface area contributed by atoms with Crippen molar-refractivity contribution in [2.45, 2.75) is 12.7 Å². The number of rotatable bonds is 3. The highest BCUT2D eigenvalue weighted by Gasteiger charge is 2.08. The Morgan fingerprint density at radius 1 is 1.25 bits per heavy atom. The van der Waals surface area contributed by atoms with Crippen LogP contribution in [0.5, 0.6) is 0 Å². The highest BCUT2D eigenvalue weighted by atomic mass is 32.2. The van der Waals surface area contributed by atoms with E-state index in [4.69, 9.17) is 0 Å². The van der Waals surface area contributed by atoms with E-state index >= 15 is 0 Å². The van der Waals surface area contributed by atoms with Gasteiger partial charge in [-0.2, -0.15) is 5.10 Å². The number of benzene rings is 1. The Labute approximate surface area is 120 Å². The second-order valence-corrected chi connectivity index (χ2v) is 6.38. The fourth-order valence-electron chi connectivity index (χ4n) is 2.42. The lowest BCUT2D eigenvalue weighted by molar-refractivity contribution is 0.686. The average molecular weight is 284 g/mol. The molecule has 2 aromatic heterocycles. The Morgan fingerprint density at radius 3 is 2.85 bits per heavy atom. The molecule has 102 valence electrons. The van der Waals surface area contributed by atoms with Crippen molar-refractivity contribution < 1.29 is 4.21 Å². The predicted octanol–water partition coefficient (Wildman–Crippen LogP) is 3.19. The van der Waals surface area contributed by atoms with E-state index in [1.807, 2.05) is 35.1 Å². The first-order valence-electron chi connectivity index (χ1n) is 6.47. The number of nitrogens with zero attached hydrogens (tertiary/aromatic N) is 2. The van der Waals surface area contributed by atoms with Crippen molar-refractivity contribution in [3.8, 4) is 11.1 Å². The van der Waals surface area contributed by atoms with Crippen molar-refractivity contribution in [3.63, 3.8) is 0 Å². The fourth-order valence-corrected chi connectivity index (χ4v) is 3.11. The van der Waals surface area contributed by atoms with Crippen LogP contribution in [0.1, 0.15) is 11.1 Å². The van der Waals surface area contributed by atoms with Gasteiger partial charge in [0.25, 0.3) is 0 Å². The highest BCUT2D eigenvalue weighted by molar-refractivity contribution is 7.83. The number of hydrogen-bond acceptors (Lipinski definition) is 2. The molecule has 0 radical (unpaired) electrons. The Morgan fingerprint density at radius 2 is 2.05 bits per heavy atom. The normalized spacial score (nSPS) is 12.7. The maximum Gasteiger partial charge on any atom is 0.0696 e. The lowest BCUT2D eigenvalue weighted by atomic mass is 10.0. The van der Waals surface area contributed by atoms with E-state index < -0.39 is 10.8 Å². The van der Waals surface area contributed by atoms with Crippen LogP contribution in [0.2, 0.25) is 0 Å². The Bertz CT molecular complexity index is 792. The molecule has 0 saturated carbocycles. The van der Waals surface area contributed by atoms with Crippen LogP contribution in [0.15, 0.2) is 48.8 Å². The van der Waals surface area contributed by atoms with Crippen LogP contribution in [0, 0.1) is 6.92 Å². The summed E-state index contributed by atoms with van der Waals surface area (Å²) in [5.74, 6) is 0.583. The first-order chi connectivity index (χ1) is 9.65. The zero-order valence-corrected chi connectivity index (χ0v) is 12.4. The van der Waals surface area contributed by atoms with Crippen molar-refractivity contribution in [3.05, 3.63) is 59.9 Å². The van der Waals surface area contributed by atoms with Gasteiger partial charge >= 0.3 is 0 Å². The summed E-state index contributed by atoms with van der Waals surface area (Å²) in [6.45, 7) is 2.05. The number of aryl methyl sites for hydroxylation is 1. The molecule has 1 atom stereocenters. The summed E-state index contributed by atoms with van der Waals surface area (Å²) < 4.78 is 13.4. The van der Waals surface area contributed by atoms with Crippen LogP contribution < -0.4 is 0 Å². The second kappa shape index (κ2) is 5.21. The third-order valence-electron chi connectivity index (χ3n) is 3.40. The van der Waals surface area contributed by atoms with Crippen molar-refractivity contribution in [2.75, 3.05) is 6.26 Å². The SMILES string of the molecule is Cc1cnn2ccc(-c3ccccc3CS(C)=O)cc12. The molecular formula is C16H16N2OS. The summed E-state index contributed by atoms with van der Waals surface area (Å²) in [4.78, 5) is 0. The summed E-state index contributed by atoms with van der Waals surface area (Å²) in [7, 11) is -0.842. The van der Waals surface area contributed by atoms with Crippen LogP contribution in [-0.4, -0.2) is 20.1 Å². The molecule has 3 nitrogen and oxygen atoms in total. The number of pyridine rings is 1. The first kappa shape index (κ1) is 13.1. The van der Waals surface area contributed by atoms with Gasteiger partial charge in [0.05, 0.1) is 11.7 Å². The molecule has 0 aliphatic carbocycles. The maximum absolute atomic E-state index is 11.5. The molecule has 3 rings (SSSR count). The minimum absolute atomic E-state index is 0.583. The molecule has 2 heterocycles. The number of aromatic nitrogens is 2. The van der Waals surface area contributed by atoms with E-state index in [2.05, 4.69) is 30.2 Å². The summed E-state index contributed by atoms with van der Waals surface area (Å²) in [5.41, 5.74) is 5.67. The molecule has 0 bridgehead atoms. The van der Waals surface area contributed by atoms with Crippen LogP contribution in [0.25, 0.3) is 16.6 Å². The van der Waals surface area contributed by atoms with Gasteiger partial charge in [-0.1, -0.05) is 24.3 Å². The molecule has 0 saturated heterocycles. The Balaban J connectivity index is 2.15. The number of hydrogen-bond donors (Lipinski definition) is 0. The Kier molecular flexibility index (Phi) is 3.40. The summed E-state index contributed by atoms with van der Waals surface area (Å²) in [5, 5.41) is 4.29. The molecule has 0 fully saturated rings. The lowest BCUT2D eigenvalue weighted by Gasteiger charge is -2.09. The summed E-state index contributed by atoms with van der Waals surface area (Å²) in [6, 6.07) is 12.3. The largest absolute Gasteiger partial charge is 0.260 e. The molecule has 3 aromatic rings. The van der Waals surface area contributed by atoms with Gasteiger partial charge in [-0.15, -0.1) is 0 Å². The van der Waals surface area contributed by atoms with Gasteiger partial charge in [0.15, 0.2) is 0 Å². The molecule has 0 spiro atoms. The monoisotopic (exact) mass is 284 g/mol. The van der Waals surface area contributed by atoms with Gasteiger partial charge in [0.2, 0.25) is 0 Å². The quantitative estimate of drug-likeness (QED) is 0.740. The molecule has 0 amide bonds. The third-order valence-corrected chi connectivity index (χ3v) is 4.12. The molecule has 1 aromatic carbocycles. The second-order valence-electron chi connectivity index (χ2n) is 4.95. The van der Waals surface area contributed by atoms with E-state index in [1.165, 1.54) is 0 Å². The molecular weight excluding hydrogens is 268 g/mol. The van der Waals surface area contributed by atoms with Crippen molar-refractivity contribution in [2.24, 2.45) is 0 Å². The van der Waals surface area contributed by atoms with Crippen LogP contribution in [0.3, 0.4) is 0 Å². The van der Waals surface area contributed by atoms with Crippen molar-refractivity contribution in [1.82, 2.24) is 9.61 Å². The zero-order chi connectivity index (χ0) is 14.1. The van der Waals surface area contributed by atoms with E-state index in [-0.39, 0.29) is 0 Å². The minimum Gasteiger partial charge on any atom is -0.260 e. The molecule has 1 unspecified atom stereocenters. The average Bonchev–Trinajstić information content (AvgIpc) is 2.80. The van der Waals surface area contributed by atoms with Gasteiger partial charge in [-0.25, -0.2) is 4.52 Å². The molecule has 20 heavy (non-hydrogen) atoms. The highest BCUT2D eigenvalue weighted by Crippen LogP contribution is 2.26. The van der Waals surface area contributed by atoms with E-state index in [0.29, 0.717) is 5.75 Å². The standard InChI is InChI=1S/C16H16N2OS/c1-12-10-17-18-8-7-13(9-16(12)18)15-6-4-3-5-14(15)11-20(2)19/h3-10H,11H2,1-2H3. The predicted molar refractivity (Wildman–Crippen MR) is 83.1 cm³/mol. The van der Waals surface area contributed by atoms with Crippen molar-refractivity contribution in [1.29, 1.82) is 0 Å². The van der Waals surface area contributed by atoms with E-state index in [0.717, 1.165) is 27.8 Å². The molecule has 0 aliphatic rings. The van der Waals surface area contributed by atoms with Gasteiger partial charge < -0.3 is 0 Å². The smallest absolute Gasteiger partial charge is 0.0696 e. The van der Waals surface area contributed by atoms with Gasteiger partial charge in [-0.05, 0) is 41.3 Å². The van der Waals surface area contributed by atoms with Crippen molar-refractivity contribution >= 4 is 16.3 Å². The topological polar surface area (TPSA) is 34.4 Å². The number of fused-ring (bicyclic) bond motifs is 1. The third kappa shape index (κ3) is 2.39. The Hall–Kier alpha value is -1.94. The maximum atomic E-state index is 11.5.